The number of hydrogen-bond acceptors (Lipinski definition) is 6. The summed E-state index contributed by atoms with van der Waals surface area (Å²) >= 11 is 0. The first-order chi connectivity index (χ1) is 13.6. The lowest BCUT2D eigenvalue weighted by molar-refractivity contribution is 0.463. The summed E-state index contributed by atoms with van der Waals surface area (Å²) in [4.78, 5) is 13.2. The van der Waals surface area contributed by atoms with Crippen molar-refractivity contribution in [2.75, 3.05) is 41.7 Å². The Bertz CT molecular complexity index is 952. The van der Waals surface area contributed by atoms with E-state index >= 15 is 0 Å². The van der Waals surface area contributed by atoms with Crippen molar-refractivity contribution in [3.63, 3.8) is 0 Å². The minimum atomic E-state index is 0.402. The van der Waals surface area contributed by atoms with Gasteiger partial charge in [0.1, 0.15) is 17.8 Å². The van der Waals surface area contributed by atoms with Crippen LogP contribution in [0, 0.1) is 13.8 Å². The molecular formula is C22H25N5O. The summed E-state index contributed by atoms with van der Waals surface area (Å²) in [5, 5.41) is 0. The maximum atomic E-state index is 6.37. The molecule has 2 N–H and O–H groups in total. The molecule has 3 aromatic rings. The Hall–Kier alpha value is -3.28. The van der Waals surface area contributed by atoms with Gasteiger partial charge in [-0.2, -0.15) is 4.98 Å². The predicted octanol–water partition coefficient (Wildman–Crippen LogP) is 3.79. The van der Waals surface area contributed by atoms with Crippen LogP contribution in [0.4, 0.5) is 17.2 Å². The Morgan fingerprint density at radius 3 is 2.29 bits per heavy atom. The number of anilines is 3. The average Bonchev–Trinajstić information content (AvgIpc) is 2.73. The number of piperazine rings is 1. The van der Waals surface area contributed by atoms with Crippen molar-refractivity contribution < 1.29 is 4.74 Å². The van der Waals surface area contributed by atoms with E-state index in [1.807, 2.05) is 24.3 Å². The minimum Gasteiger partial charge on any atom is -0.437 e. The first-order valence-electron chi connectivity index (χ1n) is 9.52. The summed E-state index contributed by atoms with van der Waals surface area (Å²) in [5.74, 6) is 1.87. The number of para-hydroxylation sites is 1. The van der Waals surface area contributed by atoms with E-state index in [0.717, 1.165) is 37.7 Å². The van der Waals surface area contributed by atoms with Gasteiger partial charge in [0, 0.05) is 31.9 Å². The van der Waals surface area contributed by atoms with Gasteiger partial charge in [0.15, 0.2) is 5.82 Å². The number of aromatic nitrogens is 2. The topological polar surface area (TPSA) is 67.5 Å². The van der Waals surface area contributed by atoms with Gasteiger partial charge in [-0.05, 0) is 49.2 Å². The summed E-state index contributed by atoms with van der Waals surface area (Å²) in [6.45, 7) is 7.66. The molecule has 0 radical (unpaired) electrons. The van der Waals surface area contributed by atoms with Crippen LogP contribution in [0.5, 0.6) is 11.6 Å². The fraction of sp³-hybridized carbons (Fsp3) is 0.273. The summed E-state index contributed by atoms with van der Waals surface area (Å²) in [6, 6.07) is 16.4. The van der Waals surface area contributed by atoms with E-state index in [4.69, 9.17) is 10.5 Å². The smallest absolute Gasteiger partial charge is 0.248 e. The van der Waals surface area contributed by atoms with Crippen LogP contribution in [0.25, 0.3) is 0 Å². The zero-order valence-electron chi connectivity index (χ0n) is 16.3. The third kappa shape index (κ3) is 3.71. The Balaban J connectivity index is 1.49. The number of nitrogens with two attached hydrogens (primary N) is 1. The van der Waals surface area contributed by atoms with E-state index < -0.39 is 0 Å². The van der Waals surface area contributed by atoms with Gasteiger partial charge in [-0.25, -0.2) is 4.98 Å². The number of rotatable bonds is 4. The Morgan fingerprint density at radius 2 is 1.57 bits per heavy atom. The normalized spacial score (nSPS) is 14.2. The molecule has 6 heteroatoms. The van der Waals surface area contributed by atoms with Gasteiger partial charge < -0.3 is 20.3 Å². The maximum absolute atomic E-state index is 6.37. The van der Waals surface area contributed by atoms with E-state index in [2.05, 4.69) is 57.9 Å². The first-order valence-corrected chi connectivity index (χ1v) is 9.52. The molecule has 0 amide bonds. The van der Waals surface area contributed by atoms with Gasteiger partial charge in [0.25, 0.3) is 0 Å². The summed E-state index contributed by atoms with van der Waals surface area (Å²) < 4.78 is 5.95. The molecule has 1 aliphatic rings. The number of benzene rings is 2. The van der Waals surface area contributed by atoms with Crippen LogP contribution in [0.1, 0.15) is 11.1 Å². The van der Waals surface area contributed by atoms with Crippen LogP contribution in [0.15, 0.2) is 54.9 Å². The highest BCUT2D eigenvalue weighted by Gasteiger charge is 2.22. The molecule has 1 aromatic heterocycles. The summed E-state index contributed by atoms with van der Waals surface area (Å²) in [7, 11) is 0. The molecule has 0 unspecified atom stereocenters. The fourth-order valence-corrected chi connectivity index (χ4v) is 3.41. The van der Waals surface area contributed by atoms with Gasteiger partial charge in [-0.1, -0.05) is 24.3 Å². The number of ether oxygens (including phenoxy) is 1. The highest BCUT2D eigenvalue weighted by Crippen LogP contribution is 2.32. The van der Waals surface area contributed by atoms with Gasteiger partial charge in [-0.15, -0.1) is 0 Å². The molecule has 0 bridgehead atoms. The zero-order chi connectivity index (χ0) is 19.5. The molecule has 2 aromatic carbocycles. The van der Waals surface area contributed by atoms with Gasteiger partial charge >= 0.3 is 0 Å². The highest BCUT2D eigenvalue weighted by molar-refractivity contribution is 5.69. The Morgan fingerprint density at radius 1 is 0.857 bits per heavy atom. The molecule has 2 heterocycles. The van der Waals surface area contributed by atoms with Crippen molar-refractivity contribution in [3.05, 3.63) is 66.0 Å². The maximum Gasteiger partial charge on any atom is 0.248 e. The first kappa shape index (κ1) is 18.1. The molecule has 144 valence electrons. The van der Waals surface area contributed by atoms with E-state index in [0.29, 0.717) is 11.6 Å². The molecule has 0 saturated carbocycles. The van der Waals surface area contributed by atoms with E-state index in [1.165, 1.54) is 23.1 Å². The van der Waals surface area contributed by atoms with Crippen molar-refractivity contribution in [2.24, 2.45) is 0 Å². The molecule has 4 rings (SSSR count). The molecule has 0 atom stereocenters. The summed E-state index contributed by atoms with van der Waals surface area (Å²) in [6.07, 6.45) is 1.52. The van der Waals surface area contributed by atoms with Crippen LogP contribution in [0.3, 0.4) is 0 Å². The Labute approximate surface area is 165 Å². The predicted molar refractivity (Wildman–Crippen MR) is 113 cm³/mol. The van der Waals surface area contributed by atoms with Crippen molar-refractivity contribution in [1.29, 1.82) is 0 Å². The second kappa shape index (κ2) is 7.76. The standard InChI is InChI=1S/C22H25N5O/c1-16-8-9-19(14-17(16)2)28-22-20(23)21(24-15-25-22)27-12-10-26(11-13-27)18-6-4-3-5-7-18/h3-9,14-15H,10-13,23H2,1-2H3. The van der Waals surface area contributed by atoms with Crippen LogP contribution in [-0.2, 0) is 0 Å². The average molecular weight is 375 g/mol. The van der Waals surface area contributed by atoms with Crippen molar-refractivity contribution in [3.8, 4) is 11.6 Å². The highest BCUT2D eigenvalue weighted by atomic mass is 16.5. The van der Waals surface area contributed by atoms with E-state index in [9.17, 15) is 0 Å². The van der Waals surface area contributed by atoms with Gasteiger partial charge in [0.05, 0.1) is 0 Å². The number of nitrogens with zero attached hydrogens (tertiary/aromatic N) is 4. The SMILES string of the molecule is Cc1ccc(Oc2ncnc(N3CCN(c4ccccc4)CC3)c2N)cc1C. The van der Waals surface area contributed by atoms with Crippen LogP contribution in [0.2, 0.25) is 0 Å². The molecular weight excluding hydrogens is 350 g/mol. The third-order valence-electron chi connectivity index (χ3n) is 5.22. The molecule has 28 heavy (non-hydrogen) atoms. The quantitative estimate of drug-likeness (QED) is 0.748. The number of aryl methyl sites for hydroxylation is 2. The second-order valence-electron chi connectivity index (χ2n) is 7.07. The lowest BCUT2D eigenvalue weighted by Crippen LogP contribution is -2.47. The monoisotopic (exact) mass is 375 g/mol. The molecule has 0 spiro atoms. The van der Waals surface area contributed by atoms with Gasteiger partial charge in [0.2, 0.25) is 5.88 Å². The number of nitrogen functional groups attached to an aromatic ring is 1. The molecule has 1 fully saturated rings. The van der Waals surface area contributed by atoms with Crippen molar-refractivity contribution in [2.45, 2.75) is 13.8 Å². The molecule has 1 saturated heterocycles. The molecule has 6 nitrogen and oxygen atoms in total. The number of hydrogen-bond donors (Lipinski definition) is 1. The second-order valence-corrected chi connectivity index (χ2v) is 7.07. The van der Waals surface area contributed by atoms with E-state index in [-0.39, 0.29) is 0 Å². The van der Waals surface area contributed by atoms with E-state index in [1.54, 1.807) is 0 Å². The van der Waals surface area contributed by atoms with Gasteiger partial charge in [-0.3, -0.25) is 0 Å². The van der Waals surface area contributed by atoms with Crippen LogP contribution < -0.4 is 20.3 Å². The van der Waals surface area contributed by atoms with Crippen molar-refractivity contribution in [1.82, 2.24) is 9.97 Å². The minimum absolute atomic E-state index is 0.402. The lowest BCUT2D eigenvalue weighted by atomic mass is 10.1. The lowest BCUT2D eigenvalue weighted by Gasteiger charge is -2.37. The fourth-order valence-electron chi connectivity index (χ4n) is 3.41. The van der Waals surface area contributed by atoms with Crippen LogP contribution >= 0.6 is 0 Å². The Kier molecular flexibility index (Phi) is 5.02. The zero-order valence-corrected chi connectivity index (χ0v) is 16.3. The largest absolute Gasteiger partial charge is 0.437 e. The molecule has 0 aliphatic carbocycles. The van der Waals surface area contributed by atoms with Crippen LogP contribution in [-0.4, -0.2) is 36.1 Å². The molecule has 1 aliphatic heterocycles. The summed E-state index contributed by atoms with van der Waals surface area (Å²) in [5.41, 5.74) is 10.5. The van der Waals surface area contributed by atoms with Crippen molar-refractivity contribution >= 4 is 17.2 Å². The third-order valence-corrected chi connectivity index (χ3v) is 5.22.